The molecule has 0 N–H and O–H groups in total. The van der Waals surface area contributed by atoms with E-state index in [0.29, 0.717) is 6.42 Å². The Balaban J connectivity index is 2.42. The Bertz CT molecular complexity index is 396. The van der Waals surface area contributed by atoms with Crippen molar-refractivity contribution in [3.8, 4) is 11.5 Å². The molecule has 1 aromatic carbocycles. The van der Waals surface area contributed by atoms with E-state index in [-0.39, 0.29) is 6.79 Å². The van der Waals surface area contributed by atoms with Gasteiger partial charge in [0.2, 0.25) is 6.79 Å². The van der Waals surface area contributed by atoms with Crippen LogP contribution in [0.4, 0.5) is 0 Å². The maximum absolute atomic E-state index is 10.4. The van der Waals surface area contributed by atoms with Gasteiger partial charge in [-0.15, -0.1) is 0 Å². The van der Waals surface area contributed by atoms with Crippen LogP contribution in [0.2, 0.25) is 0 Å². The molecule has 0 amide bonds. The summed E-state index contributed by atoms with van der Waals surface area (Å²) >= 11 is 0. The number of rotatable bonds is 3. The Morgan fingerprint density at radius 3 is 2.80 bits per heavy atom. The number of aldehydes is 1. The molecule has 1 aliphatic rings. The number of benzene rings is 1. The van der Waals surface area contributed by atoms with Crippen LogP contribution < -0.4 is 9.47 Å². The first-order valence-electron chi connectivity index (χ1n) is 5.06. The highest BCUT2D eigenvalue weighted by Gasteiger charge is 2.21. The molecule has 3 heteroatoms. The second kappa shape index (κ2) is 3.93. The van der Waals surface area contributed by atoms with Crippen LogP contribution in [0.25, 0.3) is 0 Å². The van der Waals surface area contributed by atoms with E-state index in [0.717, 1.165) is 35.3 Å². The lowest BCUT2D eigenvalue weighted by atomic mass is 10.0. The van der Waals surface area contributed by atoms with Crippen LogP contribution >= 0.6 is 0 Å². The fourth-order valence-electron chi connectivity index (χ4n) is 1.81. The van der Waals surface area contributed by atoms with Crippen LogP contribution in [0.3, 0.4) is 0 Å². The predicted molar refractivity (Wildman–Crippen MR) is 56.4 cm³/mol. The van der Waals surface area contributed by atoms with Crippen molar-refractivity contribution in [2.75, 3.05) is 6.79 Å². The van der Waals surface area contributed by atoms with Crippen LogP contribution in [0.15, 0.2) is 6.07 Å². The Hall–Kier alpha value is -1.51. The fourth-order valence-corrected chi connectivity index (χ4v) is 1.81. The zero-order valence-electron chi connectivity index (χ0n) is 9.00. The van der Waals surface area contributed by atoms with Gasteiger partial charge < -0.3 is 14.3 Å². The molecule has 0 bridgehead atoms. The van der Waals surface area contributed by atoms with E-state index in [1.165, 1.54) is 5.56 Å². The van der Waals surface area contributed by atoms with E-state index < -0.39 is 0 Å². The molecule has 2 rings (SSSR count). The Kier molecular flexibility index (Phi) is 2.62. The van der Waals surface area contributed by atoms with E-state index in [1.54, 1.807) is 0 Å². The molecular weight excluding hydrogens is 192 g/mol. The first-order valence-corrected chi connectivity index (χ1v) is 5.06. The molecule has 3 nitrogen and oxygen atoms in total. The molecule has 0 saturated heterocycles. The number of carbonyl (C=O) groups is 1. The fraction of sp³-hybridized carbons (Fsp3) is 0.417. The van der Waals surface area contributed by atoms with Gasteiger partial charge in [-0.05, 0) is 37.0 Å². The lowest BCUT2D eigenvalue weighted by molar-refractivity contribution is -0.107. The highest BCUT2D eigenvalue weighted by atomic mass is 16.7. The molecule has 0 aliphatic carbocycles. The Labute approximate surface area is 89.0 Å². The molecule has 15 heavy (non-hydrogen) atoms. The van der Waals surface area contributed by atoms with Crippen LogP contribution in [0, 0.1) is 13.8 Å². The third-order valence-corrected chi connectivity index (χ3v) is 2.76. The molecule has 0 unspecified atom stereocenters. The van der Waals surface area contributed by atoms with Crippen molar-refractivity contribution in [2.24, 2.45) is 0 Å². The summed E-state index contributed by atoms with van der Waals surface area (Å²) in [7, 11) is 0. The molecular formula is C12H14O3. The molecule has 0 aromatic heterocycles. The molecule has 0 saturated carbocycles. The van der Waals surface area contributed by atoms with Crippen LogP contribution in [-0.2, 0) is 11.2 Å². The highest BCUT2D eigenvalue weighted by Crippen LogP contribution is 2.40. The summed E-state index contributed by atoms with van der Waals surface area (Å²) in [5.74, 6) is 1.66. The monoisotopic (exact) mass is 206 g/mol. The summed E-state index contributed by atoms with van der Waals surface area (Å²) < 4.78 is 10.8. The smallest absolute Gasteiger partial charge is 0.231 e. The van der Waals surface area contributed by atoms with Gasteiger partial charge in [0.05, 0.1) is 0 Å². The van der Waals surface area contributed by atoms with Crippen molar-refractivity contribution in [3.05, 3.63) is 22.8 Å². The second-order valence-electron chi connectivity index (χ2n) is 3.75. The van der Waals surface area contributed by atoms with E-state index in [9.17, 15) is 4.79 Å². The quantitative estimate of drug-likeness (QED) is 0.711. The molecule has 0 radical (unpaired) electrons. The maximum Gasteiger partial charge on any atom is 0.231 e. The Morgan fingerprint density at radius 2 is 2.07 bits per heavy atom. The molecule has 0 atom stereocenters. The minimum Gasteiger partial charge on any atom is -0.453 e. The SMILES string of the molecule is Cc1cc(CCC=O)c2c(c1C)OCO2. The van der Waals surface area contributed by atoms with Gasteiger partial charge in [0, 0.05) is 6.42 Å². The zero-order chi connectivity index (χ0) is 10.8. The average molecular weight is 206 g/mol. The van der Waals surface area contributed by atoms with Crippen molar-refractivity contribution in [3.63, 3.8) is 0 Å². The summed E-state index contributed by atoms with van der Waals surface area (Å²) in [6, 6.07) is 2.08. The molecule has 1 heterocycles. The van der Waals surface area contributed by atoms with Gasteiger partial charge in [-0.25, -0.2) is 0 Å². The molecule has 80 valence electrons. The average Bonchev–Trinajstić information content (AvgIpc) is 2.70. The van der Waals surface area contributed by atoms with Gasteiger partial charge in [0.25, 0.3) is 0 Å². The molecule has 1 aliphatic heterocycles. The van der Waals surface area contributed by atoms with Gasteiger partial charge in [0.1, 0.15) is 6.29 Å². The van der Waals surface area contributed by atoms with Crippen LogP contribution in [0.1, 0.15) is 23.1 Å². The molecule has 0 fully saturated rings. The lowest BCUT2D eigenvalue weighted by Gasteiger charge is -2.09. The van der Waals surface area contributed by atoms with Crippen molar-refractivity contribution >= 4 is 6.29 Å². The third kappa shape index (κ3) is 1.69. The van der Waals surface area contributed by atoms with E-state index in [4.69, 9.17) is 9.47 Å². The molecule has 0 spiro atoms. The summed E-state index contributed by atoms with van der Waals surface area (Å²) in [6.45, 7) is 4.35. The summed E-state index contributed by atoms with van der Waals surface area (Å²) in [5, 5.41) is 0. The first-order chi connectivity index (χ1) is 7.24. The van der Waals surface area contributed by atoms with Gasteiger partial charge in [-0.3, -0.25) is 0 Å². The van der Waals surface area contributed by atoms with Crippen molar-refractivity contribution in [1.29, 1.82) is 0 Å². The Morgan fingerprint density at radius 1 is 1.33 bits per heavy atom. The number of aryl methyl sites for hydroxylation is 2. The van der Waals surface area contributed by atoms with Gasteiger partial charge >= 0.3 is 0 Å². The minimum atomic E-state index is 0.285. The van der Waals surface area contributed by atoms with E-state index in [2.05, 4.69) is 6.07 Å². The van der Waals surface area contributed by atoms with Crippen LogP contribution in [-0.4, -0.2) is 13.1 Å². The summed E-state index contributed by atoms with van der Waals surface area (Å²) in [4.78, 5) is 10.4. The topological polar surface area (TPSA) is 35.5 Å². The minimum absolute atomic E-state index is 0.285. The largest absolute Gasteiger partial charge is 0.453 e. The van der Waals surface area contributed by atoms with Crippen molar-refractivity contribution in [2.45, 2.75) is 26.7 Å². The first kappa shape index (κ1) is 10.0. The lowest BCUT2D eigenvalue weighted by Crippen LogP contribution is -1.95. The van der Waals surface area contributed by atoms with Gasteiger partial charge in [-0.2, -0.15) is 0 Å². The second-order valence-corrected chi connectivity index (χ2v) is 3.75. The normalized spacial score (nSPS) is 12.9. The maximum atomic E-state index is 10.4. The number of fused-ring (bicyclic) bond motifs is 1. The molecule has 1 aromatic rings. The predicted octanol–water partition coefficient (Wildman–Crippen LogP) is 2.16. The summed E-state index contributed by atoms with van der Waals surface area (Å²) in [6.07, 6.45) is 2.17. The van der Waals surface area contributed by atoms with Gasteiger partial charge in [-0.1, -0.05) is 6.07 Å². The standard InChI is InChI=1S/C12H14O3/c1-8-6-10(4-3-5-13)12-11(9(8)2)14-7-15-12/h5-6H,3-4,7H2,1-2H3. The zero-order valence-corrected chi connectivity index (χ0v) is 9.00. The number of carbonyl (C=O) groups excluding carboxylic acids is 1. The number of hydrogen-bond acceptors (Lipinski definition) is 3. The van der Waals surface area contributed by atoms with Gasteiger partial charge in [0.15, 0.2) is 11.5 Å². The van der Waals surface area contributed by atoms with Crippen molar-refractivity contribution < 1.29 is 14.3 Å². The van der Waals surface area contributed by atoms with Crippen molar-refractivity contribution in [1.82, 2.24) is 0 Å². The number of hydrogen-bond donors (Lipinski definition) is 0. The van der Waals surface area contributed by atoms with E-state index >= 15 is 0 Å². The van der Waals surface area contributed by atoms with Crippen LogP contribution in [0.5, 0.6) is 11.5 Å². The third-order valence-electron chi connectivity index (χ3n) is 2.76. The number of ether oxygens (including phenoxy) is 2. The highest BCUT2D eigenvalue weighted by molar-refractivity contribution is 5.58. The van der Waals surface area contributed by atoms with E-state index in [1.807, 2.05) is 13.8 Å². The summed E-state index contributed by atoms with van der Waals surface area (Å²) in [5.41, 5.74) is 3.37.